The summed E-state index contributed by atoms with van der Waals surface area (Å²) in [4.78, 5) is 34.0. The van der Waals surface area contributed by atoms with Gasteiger partial charge in [0.2, 0.25) is 5.91 Å². The van der Waals surface area contributed by atoms with Crippen molar-refractivity contribution in [1.29, 1.82) is 0 Å². The number of fused-ring (bicyclic) bond motifs is 1. The molecule has 2 aromatic rings. The molecule has 1 aliphatic heterocycles. The molecule has 30 heavy (non-hydrogen) atoms. The standard InChI is InChI=1S/C23H27ClN4O2/c1-27(15-16-9-11-17(24)12-10-16)22(29)21-8-4-14-28(21)23(30)26-20-7-2-6-19-18(20)5-3-13-25-19/h3,5,9-13,20-21H,2,4,6-8,14-15H2,1H3,(H,26,30). The fraction of sp³-hybridized carbons (Fsp3) is 0.435. The molecule has 0 saturated carbocycles. The lowest BCUT2D eigenvalue weighted by Gasteiger charge is -2.31. The summed E-state index contributed by atoms with van der Waals surface area (Å²) in [5.74, 6) is -0.0247. The molecule has 2 atom stereocenters. The minimum Gasteiger partial charge on any atom is -0.340 e. The van der Waals surface area contributed by atoms with Gasteiger partial charge in [-0.25, -0.2) is 4.79 Å². The number of urea groups is 1. The van der Waals surface area contributed by atoms with Crippen LogP contribution in [0.1, 0.15) is 48.5 Å². The van der Waals surface area contributed by atoms with E-state index in [9.17, 15) is 9.59 Å². The fourth-order valence-electron chi connectivity index (χ4n) is 4.45. The van der Waals surface area contributed by atoms with Crippen molar-refractivity contribution in [2.24, 2.45) is 0 Å². The quantitative estimate of drug-likeness (QED) is 0.805. The highest BCUT2D eigenvalue weighted by molar-refractivity contribution is 6.30. The summed E-state index contributed by atoms with van der Waals surface area (Å²) >= 11 is 5.94. The highest BCUT2D eigenvalue weighted by Crippen LogP contribution is 2.29. The van der Waals surface area contributed by atoms with Gasteiger partial charge in [0.25, 0.3) is 0 Å². The molecule has 1 saturated heterocycles. The van der Waals surface area contributed by atoms with Gasteiger partial charge in [-0.15, -0.1) is 0 Å². The Morgan fingerprint density at radius 1 is 1.20 bits per heavy atom. The third-order valence-electron chi connectivity index (χ3n) is 6.01. The number of likely N-dealkylation sites (tertiary alicyclic amines) is 1. The molecule has 1 fully saturated rings. The van der Waals surface area contributed by atoms with Gasteiger partial charge in [-0.1, -0.05) is 29.8 Å². The number of benzene rings is 1. The van der Waals surface area contributed by atoms with Crippen LogP contribution in [-0.4, -0.2) is 46.4 Å². The van der Waals surface area contributed by atoms with Crippen LogP contribution < -0.4 is 5.32 Å². The smallest absolute Gasteiger partial charge is 0.318 e. The highest BCUT2D eigenvalue weighted by Gasteiger charge is 2.37. The van der Waals surface area contributed by atoms with Gasteiger partial charge in [0.05, 0.1) is 6.04 Å². The Bertz CT molecular complexity index is 918. The lowest BCUT2D eigenvalue weighted by atomic mass is 9.91. The average Bonchev–Trinajstić information content (AvgIpc) is 3.25. The maximum Gasteiger partial charge on any atom is 0.318 e. The van der Waals surface area contributed by atoms with Gasteiger partial charge in [-0.2, -0.15) is 0 Å². The number of hydrogen-bond donors (Lipinski definition) is 1. The number of halogens is 1. The summed E-state index contributed by atoms with van der Waals surface area (Å²) in [6.07, 6.45) is 6.17. The summed E-state index contributed by atoms with van der Waals surface area (Å²) < 4.78 is 0. The monoisotopic (exact) mass is 426 g/mol. The van der Waals surface area contributed by atoms with Gasteiger partial charge >= 0.3 is 6.03 Å². The Hall–Kier alpha value is -2.60. The number of carbonyl (C=O) groups is 2. The van der Waals surface area contributed by atoms with E-state index in [1.165, 1.54) is 0 Å². The molecule has 1 N–H and O–H groups in total. The number of pyridine rings is 1. The van der Waals surface area contributed by atoms with Gasteiger partial charge in [0.1, 0.15) is 6.04 Å². The van der Waals surface area contributed by atoms with Crippen molar-refractivity contribution in [2.45, 2.75) is 50.7 Å². The highest BCUT2D eigenvalue weighted by atomic mass is 35.5. The Balaban J connectivity index is 1.41. The molecular formula is C23H27ClN4O2. The summed E-state index contributed by atoms with van der Waals surface area (Å²) in [5.41, 5.74) is 3.17. The Morgan fingerprint density at radius 3 is 2.80 bits per heavy atom. The zero-order valence-electron chi connectivity index (χ0n) is 17.2. The van der Waals surface area contributed by atoms with E-state index in [1.54, 1.807) is 23.0 Å². The zero-order chi connectivity index (χ0) is 21.1. The van der Waals surface area contributed by atoms with Gasteiger partial charge in [-0.3, -0.25) is 9.78 Å². The van der Waals surface area contributed by atoms with E-state index in [2.05, 4.69) is 10.3 Å². The van der Waals surface area contributed by atoms with Gasteiger partial charge < -0.3 is 15.1 Å². The van der Waals surface area contributed by atoms with Crippen LogP contribution in [0.25, 0.3) is 0 Å². The number of hydrogen-bond acceptors (Lipinski definition) is 3. The van der Waals surface area contributed by atoms with Crippen molar-refractivity contribution in [2.75, 3.05) is 13.6 Å². The number of carbonyl (C=O) groups excluding carboxylic acids is 2. The third kappa shape index (κ3) is 4.43. The van der Waals surface area contributed by atoms with Crippen LogP contribution in [0.2, 0.25) is 5.02 Å². The lowest BCUT2D eigenvalue weighted by Crippen LogP contribution is -2.50. The van der Waals surface area contributed by atoms with Gasteiger partial charge in [0.15, 0.2) is 0 Å². The number of aryl methyl sites for hydroxylation is 1. The maximum atomic E-state index is 13.1. The number of aromatic nitrogens is 1. The largest absolute Gasteiger partial charge is 0.340 e. The molecule has 0 radical (unpaired) electrons. The van der Waals surface area contributed by atoms with Gasteiger partial charge in [0, 0.05) is 37.1 Å². The minimum atomic E-state index is -0.417. The molecule has 1 aromatic heterocycles. The van der Waals surface area contributed by atoms with Crippen LogP contribution in [-0.2, 0) is 17.8 Å². The third-order valence-corrected chi connectivity index (χ3v) is 6.26. The number of likely N-dealkylation sites (N-methyl/N-ethyl adjacent to an activating group) is 1. The predicted octanol–water partition coefficient (Wildman–Crippen LogP) is 3.95. The number of nitrogens with one attached hydrogen (secondary N) is 1. The van der Waals surface area contributed by atoms with Crippen molar-refractivity contribution >= 4 is 23.5 Å². The molecule has 1 aliphatic carbocycles. The Kier molecular flexibility index (Phi) is 6.23. The molecule has 1 aromatic carbocycles. The fourth-order valence-corrected chi connectivity index (χ4v) is 4.58. The normalized spacial score (nSPS) is 20.5. The number of nitrogens with zero attached hydrogens (tertiary/aromatic N) is 3. The van der Waals surface area contributed by atoms with E-state index < -0.39 is 6.04 Å². The van der Waals surface area contributed by atoms with E-state index in [0.29, 0.717) is 24.5 Å². The summed E-state index contributed by atoms with van der Waals surface area (Å²) in [7, 11) is 1.79. The average molecular weight is 427 g/mol. The lowest BCUT2D eigenvalue weighted by molar-refractivity contribution is -0.134. The summed E-state index contributed by atoms with van der Waals surface area (Å²) in [5, 5.41) is 3.83. The predicted molar refractivity (Wildman–Crippen MR) is 116 cm³/mol. The number of amides is 3. The van der Waals surface area contributed by atoms with Crippen molar-refractivity contribution in [3.8, 4) is 0 Å². The van der Waals surface area contributed by atoms with Crippen molar-refractivity contribution < 1.29 is 9.59 Å². The van der Waals surface area contributed by atoms with Crippen LogP contribution >= 0.6 is 11.6 Å². The first kappa shape index (κ1) is 20.7. The van der Waals surface area contributed by atoms with Crippen LogP contribution in [0.4, 0.5) is 4.79 Å². The van der Waals surface area contributed by atoms with E-state index in [4.69, 9.17) is 11.6 Å². The molecular weight excluding hydrogens is 400 g/mol. The molecule has 3 amide bonds. The van der Waals surface area contributed by atoms with Crippen LogP contribution in [0.5, 0.6) is 0 Å². The van der Waals surface area contributed by atoms with E-state index in [0.717, 1.165) is 42.5 Å². The van der Waals surface area contributed by atoms with Crippen molar-refractivity contribution in [3.05, 3.63) is 64.4 Å². The maximum absolute atomic E-state index is 13.1. The first-order valence-corrected chi connectivity index (χ1v) is 10.9. The first-order valence-electron chi connectivity index (χ1n) is 10.5. The molecule has 4 rings (SSSR count). The van der Waals surface area contributed by atoms with Crippen LogP contribution in [0.15, 0.2) is 42.6 Å². The van der Waals surface area contributed by atoms with Crippen LogP contribution in [0, 0.1) is 0 Å². The summed E-state index contributed by atoms with van der Waals surface area (Å²) in [6.45, 7) is 1.09. The summed E-state index contributed by atoms with van der Waals surface area (Å²) in [6, 6.07) is 10.8. The SMILES string of the molecule is CN(Cc1ccc(Cl)cc1)C(=O)C1CCCN1C(=O)NC1CCCc2ncccc21. The second kappa shape index (κ2) is 9.04. The first-order chi connectivity index (χ1) is 14.5. The molecule has 2 aliphatic rings. The molecule has 0 bridgehead atoms. The molecule has 2 unspecified atom stereocenters. The molecule has 7 heteroatoms. The van der Waals surface area contributed by atoms with Crippen molar-refractivity contribution in [1.82, 2.24) is 20.1 Å². The van der Waals surface area contributed by atoms with E-state index >= 15 is 0 Å². The van der Waals surface area contributed by atoms with Crippen LogP contribution in [0.3, 0.4) is 0 Å². The van der Waals surface area contributed by atoms with E-state index in [1.807, 2.05) is 36.4 Å². The van der Waals surface area contributed by atoms with E-state index in [-0.39, 0.29) is 18.0 Å². The molecule has 158 valence electrons. The topological polar surface area (TPSA) is 65.5 Å². The molecule has 6 nitrogen and oxygen atoms in total. The zero-order valence-corrected chi connectivity index (χ0v) is 17.9. The van der Waals surface area contributed by atoms with Gasteiger partial charge in [-0.05, 0) is 61.4 Å². The Morgan fingerprint density at radius 2 is 2.00 bits per heavy atom. The second-order valence-corrected chi connectivity index (χ2v) is 8.54. The number of rotatable bonds is 4. The molecule has 0 spiro atoms. The second-order valence-electron chi connectivity index (χ2n) is 8.11. The Labute approximate surface area is 182 Å². The van der Waals surface area contributed by atoms with Crippen molar-refractivity contribution in [3.63, 3.8) is 0 Å². The molecule has 2 heterocycles. The minimum absolute atomic E-state index is 0.0247.